The predicted molar refractivity (Wildman–Crippen MR) is 130 cm³/mol. The molecule has 0 aromatic heterocycles. The molecule has 1 N–H and O–H groups in total. The third-order valence-corrected chi connectivity index (χ3v) is 5.61. The molecule has 0 aliphatic rings. The van der Waals surface area contributed by atoms with Gasteiger partial charge in [0.05, 0.1) is 13.7 Å². The summed E-state index contributed by atoms with van der Waals surface area (Å²) in [6, 6.07) is 4.93. The fourth-order valence-electron chi connectivity index (χ4n) is 3.66. The third kappa shape index (κ3) is 14.6. The molecule has 1 aromatic rings. The standard InChI is InChI=1S/C27H44O4/c1-3-4-5-6-7-8-9-10-11-12-13-14-15-16-17-22-31-27(29)21-19-24-18-20-25(28)26(23-24)30-2/h18-21,23,28H,3-17,22H2,1-2H3/b21-19+. The number of methoxy groups -OCH3 is 1. The Hall–Kier alpha value is -1.97. The van der Waals surface area contributed by atoms with Crippen LogP contribution in [0.1, 0.15) is 109 Å². The Balaban J connectivity index is 1.91. The first-order valence-corrected chi connectivity index (χ1v) is 12.4. The summed E-state index contributed by atoms with van der Waals surface area (Å²) in [7, 11) is 1.49. The first-order valence-electron chi connectivity index (χ1n) is 12.4. The molecule has 1 rings (SSSR count). The van der Waals surface area contributed by atoms with E-state index in [4.69, 9.17) is 9.47 Å². The Morgan fingerprint density at radius 2 is 1.35 bits per heavy atom. The second-order valence-electron chi connectivity index (χ2n) is 8.38. The molecule has 1 aromatic carbocycles. The lowest BCUT2D eigenvalue weighted by Gasteiger charge is -2.04. The Bertz CT molecular complexity index is 609. The maximum atomic E-state index is 11.8. The summed E-state index contributed by atoms with van der Waals surface area (Å²) in [6.07, 6.45) is 22.9. The van der Waals surface area contributed by atoms with Gasteiger partial charge in [0.15, 0.2) is 11.5 Å². The van der Waals surface area contributed by atoms with Crippen molar-refractivity contribution in [2.75, 3.05) is 13.7 Å². The molecule has 4 heteroatoms. The summed E-state index contributed by atoms with van der Waals surface area (Å²) < 4.78 is 10.3. The van der Waals surface area contributed by atoms with Crippen LogP contribution in [0.2, 0.25) is 0 Å². The SMILES string of the molecule is CCCCCCCCCCCCCCCCCOC(=O)/C=C/c1ccc(O)c(OC)c1. The maximum Gasteiger partial charge on any atom is 0.330 e. The van der Waals surface area contributed by atoms with Gasteiger partial charge in [-0.05, 0) is 30.2 Å². The molecule has 0 heterocycles. The molecule has 0 saturated heterocycles. The van der Waals surface area contributed by atoms with Crippen LogP contribution in [0.15, 0.2) is 24.3 Å². The highest BCUT2D eigenvalue weighted by atomic mass is 16.5. The molecule has 0 bridgehead atoms. The van der Waals surface area contributed by atoms with Gasteiger partial charge < -0.3 is 14.6 Å². The molecule has 0 atom stereocenters. The van der Waals surface area contributed by atoms with E-state index in [-0.39, 0.29) is 11.7 Å². The van der Waals surface area contributed by atoms with Crippen LogP contribution in [0, 0.1) is 0 Å². The van der Waals surface area contributed by atoms with Crippen LogP contribution in [-0.4, -0.2) is 24.8 Å². The van der Waals surface area contributed by atoms with Crippen molar-refractivity contribution in [2.45, 2.75) is 103 Å². The van der Waals surface area contributed by atoms with Crippen LogP contribution in [0.4, 0.5) is 0 Å². The maximum absolute atomic E-state index is 11.8. The van der Waals surface area contributed by atoms with E-state index >= 15 is 0 Å². The van der Waals surface area contributed by atoms with Gasteiger partial charge in [-0.25, -0.2) is 4.79 Å². The van der Waals surface area contributed by atoms with E-state index in [1.807, 2.05) is 0 Å². The summed E-state index contributed by atoms with van der Waals surface area (Å²) in [5.74, 6) is 0.126. The Labute approximate surface area is 190 Å². The monoisotopic (exact) mass is 432 g/mol. The Morgan fingerprint density at radius 3 is 1.87 bits per heavy atom. The second kappa shape index (κ2) is 18.8. The molecule has 0 unspecified atom stereocenters. The Morgan fingerprint density at radius 1 is 0.839 bits per heavy atom. The highest BCUT2D eigenvalue weighted by Crippen LogP contribution is 2.26. The summed E-state index contributed by atoms with van der Waals surface area (Å²) in [5.41, 5.74) is 0.776. The van der Waals surface area contributed by atoms with Crippen molar-refractivity contribution < 1.29 is 19.4 Å². The molecular weight excluding hydrogens is 388 g/mol. The predicted octanol–water partition coefficient (Wildman–Crippen LogP) is 7.83. The molecule has 4 nitrogen and oxygen atoms in total. The number of phenols is 1. The lowest BCUT2D eigenvalue weighted by Crippen LogP contribution is -2.02. The molecular formula is C27H44O4. The number of benzene rings is 1. The number of carbonyl (C=O) groups excluding carboxylic acids is 1. The van der Waals surface area contributed by atoms with Gasteiger partial charge in [0.25, 0.3) is 0 Å². The van der Waals surface area contributed by atoms with Crippen LogP contribution in [0.3, 0.4) is 0 Å². The number of unbranched alkanes of at least 4 members (excludes halogenated alkanes) is 14. The van der Waals surface area contributed by atoms with Crippen molar-refractivity contribution in [3.05, 3.63) is 29.8 Å². The quantitative estimate of drug-likeness (QED) is 0.137. The molecule has 0 spiro atoms. The summed E-state index contributed by atoms with van der Waals surface area (Å²) >= 11 is 0. The third-order valence-electron chi connectivity index (χ3n) is 5.61. The first-order chi connectivity index (χ1) is 15.2. The van der Waals surface area contributed by atoms with Gasteiger partial charge in [-0.2, -0.15) is 0 Å². The lowest BCUT2D eigenvalue weighted by molar-refractivity contribution is -0.137. The molecule has 176 valence electrons. The molecule has 0 amide bonds. The highest BCUT2D eigenvalue weighted by Gasteiger charge is 2.02. The number of esters is 1. The van der Waals surface area contributed by atoms with Crippen molar-refractivity contribution in [3.8, 4) is 11.5 Å². The summed E-state index contributed by atoms with van der Waals surface area (Å²) in [5, 5.41) is 9.58. The average Bonchev–Trinajstić information content (AvgIpc) is 2.78. The normalized spacial score (nSPS) is 11.2. The minimum Gasteiger partial charge on any atom is -0.504 e. The molecule has 0 saturated carbocycles. The van der Waals surface area contributed by atoms with Gasteiger partial charge in [0, 0.05) is 6.08 Å². The molecule has 0 aliphatic heterocycles. The van der Waals surface area contributed by atoms with Gasteiger partial charge in [-0.15, -0.1) is 0 Å². The topological polar surface area (TPSA) is 55.8 Å². The zero-order valence-corrected chi connectivity index (χ0v) is 19.9. The smallest absolute Gasteiger partial charge is 0.330 e. The minimum absolute atomic E-state index is 0.0791. The van der Waals surface area contributed by atoms with Crippen molar-refractivity contribution in [2.24, 2.45) is 0 Å². The largest absolute Gasteiger partial charge is 0.504 e. The van der Waals surface area contributed by atoms with Crippen LogP contribution in [0.5, 0.6) is 11.5 Å². The van der Waals surface area contributed by atoms with Gasteiger partial charge in [0.1, 0.15) is 0 Å². The fraction of sp³-hybridized carbons (Fsp3) is 0.667. The fourth-order valence-corrected chi connectivity index (χ4v) is 3.66. The van der Waals surface area contributed by atoms with E-state index in [1.54, 1.807) is 24.3 Å². The van der Waals surface area contributed by atoms with Gasteiger partial charge in [-0.1, -0.05) is 103 Å². The molecule has 0 aliphatic carbocycles. The van der Waals surface area contributed by atoms with Crippen LogP contribution in [-0.2, 0) is 9.53 Å². The van der Waals surface area contributed by atoms with E-state index in [2.05, 4.69) is 6.92 Å². The van der Waals surface area contributed by atoms with E-state index in [0.29, 0.717) is 12.4 Å². The highest BCUT2D eigenvalue weighted by molar-refractivity contribution is 5.87. The number of aromatic hydroxyl groups is 1. The van der Waals surface area contributed by atoms with Crippen LogP contribution in [0.25, 0.3) is 6.08 Å². The average molecular weight is 433 g/mol. The second-order valence-corrected chi connectivity index (χ2v) is 8.38. The van der Waals surface area contributed by atoms with Crippen LogP contribution < -0.4 is 4.74 Å². The number of ether oxygens (including phenoxy) is 2. The number of carbonyl (C=O) groups is 1. The van der Waals surface area contributed by atoms with Crippen molar-refractivity contribution in [3.63, 3.8) is 0 Å². The number of phenolic OH excluding ortho intramolecular Hbond substituents is 1. The van der Waals surface area contributed by atoms with Crippen molar-refractivity contribution in [1.82, 2.24) is 0 Å². The van der Waals surface area contributed by atoms with E-state index < -0.39 is 0 Å². The number of hydrogen-bond donors (Lipinski definition) is 1. The van der Waals surface area contributed by atoms with E-state index in [9.17, 15) is 9.90 Å². The van der Waals surface area contributed by atoms with E-state index in [0.717, 1.165) is 18.4 Å². The lowest BCUT2D eigenvalue weighted by atomic mass is 10.0. The van der Waals surface area contributed by atoms with Gasteiger partial charge >= 0.3 is 5.97 Å². The first kappa shape index (κ1) is 27.1. The number of rotatable bonds is 19. The van der Waals surface area contributed by atoms with Crippen molar-refractivity contribution in [1.29, 1.82) is 0 Å². The van der Waals surface area contributed by atoms with Gasteiger partial charge in [0.2, 0.25) is 0 Å². The zero-order valence-electron chi connectivity index (χ0n) is 19.9. The minimum atomic E-state index is -0.336. The number of hydrogen-bond acceptors (Lipinski definition) is 4. The van der Waals surface area contributed by atoms with Crippen LogP contribution >= 0.6 is 0 Å². The Kier molecular flexibility index (Phi) is 16.4. The zero-order chi connectivity index (χ0) is 22.6. The molecule has 0 fully saturated rings. The van der Waals surface area contributed by atoms with Gasteiger partial charge in [-0.3, -0.25) is 0 Å². The summed E-state index contributed by atoms with van der Waals surface area (Å²) in [4.78, 5) is 11.8. The summed E-state index contributed by atoms with van der Waals surface area (Å²) in [6.45, 7) is 2.74. The molecule has 0 radical (unpaired) electrons. The molecule has 31 heavy (non-hydrogen) atoms. The van der Waals surface area contributed by atoms with Crippen molar-refractivity contribution >= 4 is 12.0 Å². The van der Waals surface area contributed by atoms with E-state index in [1.165, 1.54) is 96.7 Å².